The van der Waals surface area contributed by atoms with Gasteiger partial charge in [-0.2, -0.15) is 18.2 Å². The SMILES string of the molecule is [Br][Mo]([Br])[Br].c1cc[cH-]c1. The van der Waals surface area contributed by atoms with Crippen molar-refractivity contribution < 1.29 is 11.1 Å². The van der Waals surface area contributed by atoms with Gasteiger partial charge >= 0.3 is 51.0 Å². The van der Waals surface area contributed by atoms with Crippen molar-refractivity contribution in [2.24, 2.45) is 0 Å². The van der Waals surface area contributed by atoms with Crippen molar-refractivity contribution >= 4 is 39.9 Å². The van der Waals surface area contributed by atoms with Crippen molar-refractivity contribution in [3.05, 3.63) is 30.3 Å². The van der Waals surface area contributed by atoms with Crippen LogP contribution in [0.5, 0.6) is 0 Å². The van der Waals surface area contributed by atoms with Gasteiger partial charge in [0.2, 0.25) is 0 Å². The summed E-state index contributed by atoms with van der Waals surface area (Å²) >= 11 is 8.90. The van der Waals surface area contributed by atoms with Crippen LogP contribution in [0.4, 0.5) is 0 Å². The molecule has 0 fully saturated rings. The van der Waals surface area contributed by atoms with Crippen LogP contribution < -0.4 is 0 Å². The number of rotatable bonds is 0. The van der Waals surface area contributed by atoms with E-state index in [9.17, 15) is 0 Å². The van der Waals surface area contributed by atoms with Gasteiger partial charge in [-0.25, -0.2) is 12.1 Å². The zero-order valence-corrected chi connectivity index (χ0v) is 11.2. The van der Waals surface area contributed by atoms with Crippen LogP contribution in [0, 0.1) is 0 Å². The Kier molecular flexibility index (Phi) is 8.83. The summed E-state index contributed by atoms with van der Waals surface area (Å²) in [6, 6.07) is 10.0. The number of halogens is 3. The Morgan fingerprint density at radius 2 is 1.33 bits per heavy atom. The van der Waals surface area contributed by atoms with E-state index in [4.69, 9.17) is 0 Å². The third kappa shape index (κ3) is 12.6. The monoisotopic (exact) mass is 400 g/mol. The fourth-order valence-corrected chi connectivity index (χ4v) is 0.321. The summed E-state index contributed by atoms with van der Waals surface area (Å²) < 4.78 is 0. The van der Waals surface area contributed by atoms with Crippen LogP contribution in [0.3, 0.4) is 0 Å². The molecule has 0 heterocycles. The van der Waals surface area contributed by atoms with Crippen molar-refractivity contribution in [1.82, 2.24) is 0 Å². The Bertz CT molecular complexity index is 95.8. The van der Waals surface area contributed by atoms with E-state index in [-0.39, 0.29) is 0 Å². The van der Waals surface area contributed by atoms with Crippen LogP contribution in [0.1, 0.15) is 0 Å². The second-order valence-corrected chi connectivity index (χ2v) is 28.9. The molecule has 1 aromatic rings. The second-order valence-electron chi connectivity index (χ2n) is 1.14. The van der Waals surface area contributed by atoms with Crippen LogP contribution in [-0.2, 0) is 11.1 Å². The average molecular weight is 401 g/mol. The first-order chi connectivity index (χ1) is 4.23. The third-order valence-electron chi connectivity index (χ3n) is 0.556. The minimum Gasteiger partial charge on any atom is -0.214 e. The Morgan fingerprint density at radius 1 is 1.00 bits per heavy atom. The summed E-state index contributed by atoms with van der Waals surface area (Å²) in [5, 5.41) is 0. The quantitative estimate of drug-likeness (QED) is 0.457. The third-order valence-corrected chi connectivity index (χ3v) is 0.556. The summed E-state index contributed by atoms with van der Waals surface area (Å²) in [7, 11) is 0. The zero-order valence-electron chi connectivity index (χ0n) is 4.43. The van der Waals surface area contributed by atoms with E-state index in [0.717, 1.165) is 0 Å². The van der Waals surface area contributed by atoms with E-state index < -0.39 is 11.1 Å². The molecule has 0 nitrogen and oxygen atoms in total. The van der Waals surface area contributed by atoms with Gasteiger partial charge in [-0.3, -0.25) is 0 Å². The van der Waals surface area contributed by atoms with Crippen LogP contribution in [0.25, 0.3) is 0 Å². The van der Waals surface area contributed by atoms with Gasteiger partial charge < -0.3 is 0 Å². The Labute approximate surface area is 80.4 Å². The van der Waals surface area contributed by atoms with E-state index in [1.807, 2.05) is 30.3 Å². The predicted octanol–water partition coefficient (Wildman–Crippen LogP) is 3.94. The summed E-state index contributed by atoms with van der Waals surface area (Å²) in [5.41, 5.74) is 0. The van der Waals surface area contributed by atoms with Crippen LogP contribution in [0.2, 0.25) is 0 Å². The molecule has 1 rings (SSSR count). The maximum Gasteiger partial charge on any atom is -0.172 e. The van der Waals surface area contributed by atoms with Crippen LogP contribution in [0.15, 0.2) is 30.3 Å². The molecule has 0 aromatic heterocycles. The minimum atomic E-state index is -0.919. The van der Waals surface area contributed by atoms with Crippen LogP contribution >= 0.6 is 39.9 Å². The molecule has 0 bridgehead atoms. The Morgan fingerprint density at radius 3 is 1.44 bits per heavy atom. The standard InChI is InChI=1S/C5H5.3BrH.Mo/c1-2-4-5-3-1;;;;/h1-5H;3*1H;/q-1;;;;+3/p-3. The molecule has 0 N–H and O–H groups in total. The smallest absolute Gasteiger partial charge is 0.172 e. The van der Waals surface area contributed by atoms with Gasteiger partial charge in [-0.1, -0.05) is 0 Å². The van der Waals surface area contributed by atoms with Crippen molar-refractivity contribution in [3.63, 3.8) is 0 Å². The molecule has 0 amide bonds. The summed E-state index contributed by atoms with van der Waals surface area (Å²) in [4.78, 5) is 0. The van der Waals surface area contributed by atoms with E-state index in [1.165, 1.54) is 0 Å². The van der Waals surface area contributed by atoms with Crippen LogP contribution in [-0.4, -0.2) is 0 Å². The number of hydrogen-bond acceptors (Lipinski definition) is 0. The number of hydrogen-bond donors (Lipinski definition) is 0. The Hall–Kier alpha value is 1.48. The molecule has 9 heavy (non-hydrogen) atoms. The summed E-state index contributed by atoms with van der Waals surface area (Å²) in [6.07, 6.45) is 0. The molecule has 0 saturated carbocycles. The van der Waals surface area contributed by atoms with Gasteiger partial charge in [0.15, 0.2) is 0 Å². The zero-order chi connectivity index (χ0) is 7.11. The van der Waals surface area contributed by atoms with Gasteiger partial charge in [0.25, 0.3) is 0 Å². The van der Waals surface area contributed by atoms with Gasteiger partial charge in [0, 0.05) is 0 Å². The average Bonchev–Trinajstić information content (AvgIpc) is 2.11. The molecule has 53 valence electrons. The first-order valence-corrected chi connectivity index (χ1v) is 15.9. The molecule has 0 saturated heterocycles. The first kappa shape index (κ1) is 10.5. The predicted molar refractivity (Wildman–Crippen MR) is 48.8 cm³/mol. The van der Waals surface area contributed by atoms with Crippen molar-refractivity contribution in [2.75, 3.05) is 0 Å². The molecule has 0 unspecified atom stereocenters. The molecule has 0 aliphatic rings. The van der Waals surface area contributed by atoms with Crippen molar-refractivity contribution in [3.8, 4) is 0 Å². The van der Waals surface area contributed by atoms with Crippen molar-refractivity contribution in [2.45, 2.75) is 0 Å². The molecule has 0 atom stereocenters. The van der Waals surface area contributed by atoms with Crippen molar-refractivity contribution in [1.29, 1.82) is 0 Å². The van der Waals surface area contributed by atoms with Gasteiger partial charge in [-0.15, -0.1) is 0 Å². The molecule has 0 radical (unpaired) electrons. The molecule has 1 aromatic carbocycles. The molecule has 0 aliphatic heterocycles. The first-order valence-electron chi connectivity index (χ1n) is 2.13. The molecule has 4 heteroatoms. The van der Waals surface area contributed by atoms with E-state index >= 15 is 0 Å². The van der Waals surface area contributed by atoms with E-state index in [0.29, 0.717) is 0 Å². The topological polar surface area (TPSA) is 0 Å². The van der Waals surface area contributed by atoms with E-state index in [1.54, 1.807) is 0 Å². The molecular formula is C5H5Br3Mo-. The largest absolute Gasteiger partial charge is 0.214 e. The van der Waals surface area contributed by atoms with E-state index in [2.05, 4.69) is 39.9 Å². The van der Waals surface area contributed by atoms with Gasteiger partial charge in [0.1, 0.15) is 0 Å². The summed E-state index contributed by atoms with van der Waals surface area (Å²) in [5.74, 6) is 0. The maximum atomic E-state index is 3.27. The summed E-state index contributed by atoms with van der Waals surface area (Å²) in [6.45, 7) is 0. The molecule has 0 aliphatic carbocycles. The normalized spacial score (nSPS) is 8.44. The van der Waals surface area contributed by atoms with Gasteiger partial charge in [-0.05, 0) is 0 Å². The fourth-order valence-electron chi connectivity index (χ4n) is 0.321. The maximum absolute atomic E-state index is 3.27. The minimum absolute atomic E-state index is 0.919. The fraction of sp³-hybridized carbons (Fsp3) is 0. The molecular weight excluding hydrogens is 396 g/mol. The Balaban J connectivity index is 0.000000148. The molecule has 0 spiro atoms. The second kappa shape index (κ2) is 7.58. The van der Waals surface area contributed by atoms with Gasteiger partial charge in [0.05, 0.1) is 0 Å².